The Morgan fingerprint density at radius 3 is 1.89 bits per heavy atom. The molecule has 2 aliphatic heterocycles. The Balaban J connectivity index is 2.13. The average molecular weight is 521 g/mol. The lowest BCUT2D eigenvalue weighted by Gasteiger charge is -2.35. The molecule has 0 bridgehead atoms. The number of piperidine rings is 2. The molecule has 1 aromatic heterocycles. The van der Waals surface area contributed by atoms with Crippen LogP contribution in [0.5, 0.6) is 0 Å². The van der Waals surface area contributed by atoms with Crippen LogP contribution in [0.2, 0.25) is 0 Å². The number of nitrogens with one attached hydrogen (secondary N) is 2. The van der Waals surface area contributed by atoms with Crippen molar-refractivity contribution in [3.05, 3.63) is 18.1 Å². The predicted octanol–water partition coefficient (Wildman–Crippen LogP) is 0.239. The zero-order valence-corrected chi connectivity index (χ0v) is 21.9. The number of likely N-dealkylation sites (tertiary alicyclic amines) is 1. The van der Waals surface area contributed by atoms with Crippen molar-refractivity contribution in [2.24, 2.45) is 0 Å². The Kier molecular flexibility index (Phi) is 11.6. The zero-order valence-electron chi connectivity index (χ0n) is 21.9. The van der Waals surface area contributed by atoms with Crippen LogP contribution in [0.15, 0.2) is 12.4 Å². The summed E-state index contributed by atoms with van der Waals surface area (Å²) in [6, 6.07) is 0. The van der Waals surface area contributed by atoms with E-state index in [1.165, 1.54) is 0 Å². The third kappa shape index (κ3) is 7.67. The van der Waals surface area contributed by atoms with Gasteiger partial charge < -0.3 is 45.3 Å². The van der Waals surface area contributed by atoms with Crippen molar-refractivity contribution in [3.8, 4) is 0 Å². The number of anilines is 3. The molecule has 0 atom stereocenters. The second-order valence-corrected chi connectivity index (χ2v) is 9.46. The van der Waals surface area contributed by atoms with Crippen molar-refractivity contribution >= 4 is 23.3 Å². The number of aliphatic hydroxyl groups excluding tert-OH is 4. The molecule has 0 unspecified atom stereocenters. The van der Waals surface area contributed by atoms with Crippen LogP contribution in [0, 0.1) is 5.41 Å². The summed E-state index contributed by atoms with van der Waals surface area (Å²) < 4.78 is 0. The molecule has 3 rings (SSSR count). The van der Waals surface area contributed by atoms with Crippen LogP contribution in [0.1, 0.15) is 44.2 Å². The molecule has 0 amide bonds. The lowest BCUT2D eigenvalue weighted by atomic mass is 10.1. The first kappa shape index (κ1) is 28.9. The Morgan fingerprint density at radius 2 is 1.35 bits per heavy atom. The van der Waals surface area contributed by atoms with Gasteiger partial charge in [-0.1, -0.05) is 6.58 Å². The van der Waals surface area contributed by atoms with Crippen molar-refractivity contribution < 1.29 is 20.4 Å². The van der Waals surface area contributed by atoms with E-state index < -0.39 is 0 Å². The molecule has 2 saturated heterocycles. The van der Waals surface area contributed by atoms with Gasteiger partial charge in [-0.3, -0.25) is 5.41 Å². The Labute approximate surface area is 219 Å². The highest BCUT2D eigenvalue weighted by atomic mass is 16.3. The van der Waals surface area contributed by atoms with E-state index in [0.29, 0.717) is 47.9 Å². The Hall–Kier alpha value is -2.67. The minimum Gasteiger partial charge on any atom is -0.395 e. The first-order valence-corrected chi connectivity index (χ1v) is 13.4. The van der Waals surface area contributed by atoms with E-state index in [2.05, 4.69) is 16.8 Å². The molecule has 0 aliphatic carbocycles. The van der Waals surface area contributed by atoms with Gasteiger partial charge in [-0.2, -0.15) is 4.98 Å². The number of nitrogens with zero attached hydrogens (tertiary/aromatic N) is 6. The third-order valence-corrected chi connectivity index (χ3v) is 6.84. The van der Waals surface area contributed by atoms with Gasteiger partial charge in [0.05, 0.1) is 32.2 Å². The van der Waals surface area contributed by atoms with Gasteiger partial charge in [0, 0.05) is 52.4 Å². The fourth-order valence-corrected chi connectivity index (χ4v) is 4.87. The molecule has 0 saturated carbocycles. The second kappa shape index (κ2) is 14.9. The van der Waals surface area contributed by atoms with Gasteiger partial charge in [0.1, 0.15) is 17.2 Å². The van der Waals surface area contributed by atoms with Gasteiger partial charge in [-0.05, 0) is 38.5 Å². The molecule has 6 N–H and O–H groups in total. The van der Waals surface area contributed by atoms with Crippen LogP contribution < -0.4 is 15.1 Å². The maximum atomic E-state index is 9.65. The number of aliphatic hydroxyl groups is 4. The SMILES string of the molecule is C=C(Nc1c(C(=N)N2CCCCC2)nc(N(CCO)CCO)nc1N1CCCCC1)N(CCO)CCO. The molecule has 3 heterocycles. The van der Waals surface area contributed by atoms with Gasteiger partial charge in [0.25, 0.3) is 0 Å². The number of rotatable bonds is 14. The molecule has 208 valence electrons. The van der Waals surface area contributed by atoms with Gasteiger partial charge >= 0.3 is 0 Å². The molecule has 0 spiro atoms. The quantitative estimate of drug-likeness (QED) is 0.148. The van der Waals surface area contributed by atoms with Crippen molar-refractivity contribution in [2.75, 3.05) is 93.9 Å². The molecule has 12 heteroatoms. The normalized spacial score (nSPS) is 16.0. The highest BCUT2D eigenvalue weighted by Gasteiger charge is 2.28. The van der Waals surface area contributed by atoms with E-state index in [0.717, 1.165) is 64.7 Å². The highest BCUT2D eigenvalue weighted by Crippen LogP contribution is 2.33. The Morgan fingerprint density at radius 1 is 0.811 bits per heavy atom. The highest BCUT2D eigenvalue weighted by molar-refractivity contribution is 6.02. The standard InChI is InChI=1S/C25H44N8O4/c1-20(30(12-16-34)13-17-35)27-22-21(23(26)31-8-4-2-5-9-31)28-25(33(14-18-36)15-19-37)29-24(22)32-10-6-3-7-11-32/h26-27,34-37H,1-19H2. The summed E-state index contributed by atoms with van der Waals surface area (Å²) in [5.74, 6) is 1.78. The van der Waals surface area contributed by atoms with Crippen molar-refractivity contribution in [1.82, 2.24) is 19.8 Å². The van der Waals surface area contributed by atoms with Gasteiger partial charge in [0.2, 0.25) is 5.95 Å². The number of hydrogen-bond acceptors (Lipinski definition) is 11. The summed E-state index contributed by atoms with van der Waals surface area (Å²) in [6.45, 7) is 8.02. The topological polar surface area (TPSA) is 156 Å². The van der Waals surface area contributed by atoms with Crippen molar-refractivity contribution in [2.45, 2.75) is 38.5 Å². The zero-order chi connectivity index (χ0) is 26.6. The molecule has 12 nitrogen and oxygen atoms in total. The van der Waals surface area contributed by atoms with E-state index in [1.807, 2.05) is 4.90 Å². The van der Waals surface area contributed by atoms with Crippen LogP contribution >= 0.6 is 0 Å². The summed E-state index contributed by atoms with van der Waals surface area (Å²) in [6.07, 6.45) is 6.35. The monoisotopic (exact) mass is 520 g/mol. The minimum absolute atomic E-state index is 0.0944. The smallest absolute Gasteiger partial charge is 0.228 e. The maximum Gasteiger partial charge on any atom is 0.228 e. The molecular weight excluding hydrogens is 476 g/mol. The lowest BCUT2D eigenvalue weighted by Crippen LogP contribution is -2.39. The predicted molar refractivity (Wildman–Crippen MR) is 145 cm³/mol. The van der Waals surface area contributed by atoms with Crippen LogP contribution in [0.3, 0.4) is 0 Å². The van der Waals surface area contributed by atoms with Crippen LogP contribution in [-0.4, -0.2) is 125 Å². The van der Waals surface area contributed by atoms with E-state index in [-0.39, 0.29) is 39.5 Å². The van der Waals surface area contributed by atoms with Crippen molar-refractivity contribution in [1.29, 1.82) is 5.41 Å². The molecular formula is C25H44N8O4. The molecule has 37 heavy (non-hydrogen) atoms. The summed E-state index contributed by atoms with van der Waals surface area (Å²) in [5.41, 5.74) is 1.00. The van der Waals surface area contributed by atoms with Crippen LogP contribution in [0.4, 0.5) is 17.5 Å². The molecule has 1 aromatic rings. The molecule has 0 radical (unpaired) electrons. The summed E-state index contributed by atoms with van der Waals surface area (Å²) in [4.78, 5) is 17.5. The largest absolute Gasteiger partial charge is 0.395 e. The first-order valence-electron chi connectivity index (χ1n) is 13.4. The van der Waals surface area contributed by atoms with E-state index in [9.17, 15) is 20.4 Å². The number of amidine groups is 1. The van der Waals surface area contributed by atoms with E-state index >= 15 is 0 Å². The molecule has 2 aliphatic rings. The Bertz CT molecular complexity index is 862. The summed E-state index contributed by atoms with van der Waals surface area (Å²) in [5, 5.41) is 50.9. The fourth-order valence-electron chi connectivity index (χ4n) is 4.87. The van der Waals surface area contributed by atoms with E-state index in [1.54, 1.807) is 9.80 Å². The first-order chi connectivity index (χ1) is 18.0. The van der Waals surface area contributed by atoms with Gasteiger partial charge in [-0.15, -0.1) is 0 Å². The molecule has 0 aromatic carbocycles. The number of aromatic nitrogens is 2. The van der Waals surface area contributed by atoms with Crippen LogP contribution in [0.25, 0.3) is 0 Å². The second-order valence-electron chi connectivity index (χ2n) is 9.46. The van der Waals surface area contributed by atoms with Gasteiger partial charge in [0.15, 0.2) is 5.82 Å². The summed E-state index contributed by atoms with van der Waals surface area (Å²) in [7, 11) is 0. The minimum atomic E-state index is -0.116. The maximum absolute atomic E-state index is 9.65. The van der Waals surface area contributed by atoms with E-state index in [4.69, 9.17) is 15.4 Å². The van der Waals surface area contributed by atoms with Gasteiger partial charge in [-0.25, -0.2) is 4.98 Å². The van der Waals surface area contributed by atoms with Crippen molar-refractivity contribution in [3.63, 3.8) is 0 Å². The molecule has 2 fully saturated rings. The third-order valence-electron chi connectivity index (χ3n) is 6.84. The van der Waals surface area contributed by atoms with Crippen LogP contribution in [-0.2, 0) is 0 Å². The summed E-state index contributed by atoms with van der Waals surface area (Å²) >= 11 is 0. The lowest BCUT2D eigenvalue weighted by molar-refractivity contribution is 0.190. The number of hydrogen-bond donors (Lipinski definition) is 6. The average Bonchev–Trinajstić information content (AvgIpc) is 2.93. The fraction of sp³-hybridized carbons (Fsp3) is 0.720.